The number of nitrogens with one attached hydrogen (secondary N) is 1. The quantitative estimate of drug-likeness (QED) is 0.686. The van der Waals surface area contributed by atoms with E-state index in [1.165, 1.54) is 12.1 Å². The summed E-state index contributed by atoms with van der Waals surface area (Å²) in [5.41, 5.74) is 3.19. The minimum absolute atomic E-state index is 0. The molecule has 0 atom stereocenters. The third-order valence-electron chi connectivity index (χ3n) is 4.04. The minimum atomic E-state index is -1.21. The molecule has 1 aliphatic rings. The maximum Gasteiger partial charge on any atom is 1.00 e. The number of halogens is 1. The molecule has 0 aromatic heterocycles. The fourth-order valence-corrected chi connectivity index (χ4v) is 2.94. The van der Waals surface area contributed by atoms with Crippen molar-refractivity contribution < 1.29 is 49.0 Å². The summed E-state index contributed by atoms with van der Waals surface area (Å²) in [6.45, 7) is 2.69. The molecule has 3 rings (SSSR count). The van der Waals surface area contributed by atoms with Gasteiger partial charge < -0.3 is 20.0 Å². The first-order valence-electron chi connectivity index (χ1n) is 7.50. The van der Waals surface area contributed by atoms with Gasteiger partial charge in [-0.1, -0.05) is 35.9 Å². The first-order chi connectivity index (χ1) is 11.5. The van der Waals surface area contributed by atoms with Crippen molar-refractivity contribution in [1.82, 2.24) is 5.32 Å². The second-order valence-electron chi connectivity index (χ2n) is 5.62. The van der Waals surface area contributed by atoms with Crippen LogP contribution in [0.4, 0.5) is 0 Å². The normalized spacial score (nSPS) is 13.0. The van der Waals surface area contributed by atoms with Crippen molar-refractivity contribution in [2.24, 2.45) is 0 Å². The first kappa shape index (κ1) is 19.8. The van der Waals surface area contributed by atoms with Gasteiger partial charge in [0.05, 0.1) is 23.1 Å². The Morgan fingerprint density at radius 2 is 2.00 bits per heavy atom. The van der Waals surface area contributed by atoms with Crippen LogP contribution in [0.5, 0.6) is 5.75 Å². The van der Waals surface area contributed by atoms with Gasteiger partial charge in [-0.15, -0.1) is 0 Å². The van der Waals surface area contributed by atoms with Crippen LogP contribution < -0.4 is 44.7 Å². The fraction of sp³-hybridized carbons (Fsp3) is 0.222. The van der Waals surface area contributed by atoms with Crippen molar-refractivity contribution in [3.63, 3.8) is 0 Å². The third-order valence-corrected chi connectivity index (χ3v) is 4.49. The van der Waals surface area contributed by atoms with E-state index < -0.39 is 5.97 Å². The van der Waals surface area contributed by atoms with Crippen molar-refractivity contribution in [3.8, 4) is 5.75 Å². The van der Waals surface area contributed by atoms with Gasteiger partial charge in [0.2, 0.25) is 0 Å². The molecule has 2 aromatic rings. The van der Waals surface area contributed by atoms with Crippen LogP contribution >= 0.6 is 11.6 Å². The number of fused-ring (bicyclic) bond motifs is 1. The van der Waals surface area contributed by atoms with Gasteiger partial charge in [0.15, 0.2) is 5.75 Å². The Bertz CT molecular complexity index is 821. The van der Waals surface area contributed by atoms with Crippen LogP contribution in [0.1, 0.15) is 37.4 Å². The largest absolute Gasteiger partial charge is 1.00 e. The minimum Gasteiger partial charge on any atom is -0.545 e. The predicted molar refractivity (Wildman–Crippen MR) is 87.6 cm³/mol. The molecule has 7 heteroatoms. The van der Waals surface area contributed by atoms with Gasteiger partial charge in [-0.3, -0.25) is 4.79 Å². The zero-order valence-corrected chi connectivity index (χ0v) is 16.8. The average Bonchev–Trinajstić information content (AvgIpc) is 2.75. The fourth-order valence-electron chi connectivity index (χ4n) is 2.66. The number of carboxylic acid groups (broad SMARTS) is 1. The molecule has 0 spiro atoms. The molecule has 0 saturated heterocycles. The van der Waals surface area contributed by atoms with E-state index in [4.69, 9.17) is 16.3 Å². The molecule has 0 bridgehead atoms. The SMILES string of the molecule is Cc1c(Cc2ccc(C(=O)[O-])cc2)cc2c(c1Cl)OCCNC2=O.[Na+]. The van der Waals surface area contributed by atoms with Crippen molar-refractivity contribution in [2.75, 3.05) is 13.2 Å². The average molecular weight is 368 g/mol. The van der Waals surface area contributed by atoms with Crippen molar-refractivity contribution in [1.29, 1.82) is 0 Å². The van der Waals surface area contributed by atoms with Gasteiger partial charge in [-0.05, 0) is 41.7 Å². The molecular weight excluding hydrogens is 353 g/mol. The van der Waals surface area contributed by atoms with Gasteiger partial charge in [0, 0.05) is 0 Å². The Morgan fingerprint density at radius 3 is 2.64 bits per heavy atom. The number of hydrogen-bond donors (Lipinski definition) is 1. The maximum absolute atomic E-state index is 12.2. The van der Waals surface area contributed by atoms with E-state index in [9.17, 15) is 14.7 Å². The topological polar surface area (TPSA) is 78.5 Å². The number of carboxylic acids is 1. The van der Waals surface area contributed by atoms with Gasteiger partial charge >= 0.3 is 29.6 Å². The molecule has 124 valence electrons. The van der Waals surface area contributed by atoms with Crippen LogP contribution in [0.3, 0.4) is 0 Å². The molecular formula is C18H15ClNNaO4. The number of ether oxygens (including phenoxy) is 1. The number of carbonyl (C=O) groups is 2. The number of rotatable bonds is 3. The van der Waals surface area contributed by atoms with Crippen LogP contribution in [0.2, 0.25) is 5.02 Å². The molecule has 1 amide bonds. The summed E-state index contributed by atoms with van der Waals surface area (Å²) in [4.78, 5) is 23.0. The summed E-state index contributed by atoms with van der Waals surface area (Å²) in [5.74, 6) is -1.00. The van der Waals surface area contributed by atoms with Gasteiger partial charge in [-0.2, -0.15) is 0 Å². The zero-order chi connectivity index (χ0) is 17.3. The third kappa shape index (κ3) is 4.18. The molecule has 0 fully saturated rings. The predicted octanol–water partition coefficient (Wildman–Crippen LogP) is -1.27. The molecule has 5 nitrogen and oxygen atoms in total. The Balaban J connectivity index is 0.00000225. The van der Waals surface area contributed by atoms with Gasteiger partial charge in [-0.25, -0.2) is 0 Å². The Kier molecular flexibility index (Phi) is 6.52. The van der Waals surface area contributed by atoms with Crippen molar-refractivity contribution >= 4 is 23.5 Å². The Hall–Kier alpha value is -1.53. The standard InChI is InChI=1S/C18H16ClNO4.Na/c1-10-13(8-11-2-4-12(5-3-11)18(22)23)9-14-16(15(10)19)24-7-6-20-17(14)21;/h2-5,9H,6-8H2,1H3,(H,20,21)(H,22,23);/q;+1/p-1. The van der Waals surface area contributed by atoms with Crippen LogP contribution in [-0.2, 0) is 6.42 Å². The van der Waals surface area contributed by atoms with Crippen molar-refractivity contribution in [3.05, 3.63) is 63.2 Å². The second kappa shape index (κ2) is 8.23. The van der Waals surface area contributed by atoms with E-state index in [1.54, 1.807) is 18.2 Å². The van der Waals surface area contributed by atoms with Crippen LogP contribution in [0.25, 0.3) is 0 Å². The van der Waals surface area contributed by atoms with E-state index in [1.807, 2.05) is 6.92 Å². The molecule has 0 aliphatic carbocycles. The van der Waals surface area contributed by atoms with E-state index in [0.29, 0.717) is 35.9 Å². The first-order valence-corrected chi connectivity index (χ1v) is 7.88. The molecule has 0 saturated carbocycles. The van der Waals surface area contributed by atoms with E-state index in [2.05, 4.69) is 5.32 Å². The summed E-state index contributed by atoms with van der Waals surface area (Å²) in [6.07, 6.45) is 0.527. The number of benzene rings is 2. The number of carbonyl (C=O) groups excluding carboxylic acids is 2. The summed E-state index contributed by atoms with van der Waals surface area (Å²) < 4.78 is 5.59. The molecule has 1 N–H and O–H groups in total. The summed E-state index contributed by atoms with van der Waals surface area (Å²) in [7, 11) is 0. The van der Waals surface area contributed by atoms with Crippen LogP contribution in [0.15, 0.2) is 30.3 Å². The molecule has 1 heterocycles. The zero-order valence-electron chi connectivity index (χ0n) is 14.0. The number of aromatic carboxylic acids is 1. The summed E-state index contributed by atoms with van der Waals surface area (Å²) in [6, 6.07) is 8.23. The van der Waals surface area contributed by atoms with E-state index >= 15 is 0 Å². The Morgan fingerprint density at radius 1 is 1.32 bits per heavy atom. The maximum atomic E-state index is 12.2. The van der Waals surface area contributed by atoms with E-state index in [-0.39, 0.29) is 41.0 Å². The molecule has 1 aliphatic heterocycles. The van der Waals surface area contributed by atoms with Gasteiger partial charge in [0.1, 0.15) is 6.61 Å². The number of hydrogen-bond acceptors (Lipinski definition) is 4. The van der Waals surface area contributed by atoms with Crippen LogP contribution in [0, 0.1) is 6.92 Å². The molecule has 2 aromatic carbocycles. The molecule has 0 unspecified atom stereocenters. The summed E-state index contributed by atoms with van der Waals surface area (Å²) in [5, 5.41) is 14.0. The molecule has 25 heavy (non-hydrogen) atoms. The van der Waals surface area contributed by atoms with Gasteiger partial charge in [0.25, 0.3) is 5.91 Å². The second-order valence-corrected chi connectivity index (χ2v) is 5.99. The smallest absolute Gasteiger partial charge is 0.545 e. The molecule has 0 radical (unpaired) electrons. The Labute approximate surface area is 172 Å². The summed E-state index contributed by atoms with van der Waals surface area (Å²) >= 11 is 6.40. The number of amides is 1. The van der Waals surface area contributed by atoms with Crippen LogP contribution in [-0.4, -0.2) is 25.0 Å². The monoisotopic (exact) mass is 367 g/mol. The van der Waals surface area contributed by atoms with Crippen molar-refractivity contribution in [2.45, 2.75) is 13.3 Å². The van der Waals surface area contributed by atoms with E-state index in [0.717, 1.165) is 16.7 Å².